The first-order valence-corrected chi connectivity index (χ1v) is 7.08. The summed E-state index contributed by atoms with van der Waals surface area (Å²) in [5.41, 5.74) is 0.677. The number of hydrogen-bond donors (Lipinski definition) is 2. The van der Waals surface area contributed by atoms with E-state index in [-0.39, 0.29) is 24.3 Å². The van der Waals surface area contributed by atoms with Crippen LogP contribution in [0.15, 0.2) is 24.3 Å². The Morgan fingerprint density at radius 3 is 2.85 bits per heavy atom. The maximum absolute atomic E-state index is 11.9. The molecular formula is C15H18N2O3. The van der Waals surface area contributed by atoms with Gasteiger partial charge in [-0.2, -0.15) is 0 Å². The van der Waals surface area contributed by atoms with E-state index >= 15 is 0 Å². The van der Waals surface area contributed by atoms with Crippen LogP contribution in [0.4, 0.5) is 5.69 Å². The van der Waals surface area contributed by atoms with Crippen LogP contribution in [0.5, 0.6) is 5.75 Å². The fourth-order valence-corrected chi connectivity index (χ4v) is 2.75. The first-order valence-electron chi connectivity index (χ1n) is 7.08. The van der Waals surface area contributed by atoms with Gasteiger partial charge in [-0.3, -0.25) is 9.59 Å². The van der Waals surface area contributed by atoms with Crippen molar-refractivity contribution in [2.75, 3.05) is 11.9 Å². The smallest absolute Gasteiger partial charge is 0.267 e. The van der Waals surface area contributed by atoms with Gasteiger partial charge in [0.15, 0.2) is 6.10 Å². The molecule has 5 heteroatoms. The van der Waals surface area contributed by atoms with Crippen LogP contribution in [0.2, 0.25) is 0 Å². The van der Waals surface area contributed by atoms with Gasteiger partial charge in [0.2, 0.25) is 5.91 Å². The normalized spacial score (nSPS) is 21.8. The fourth-order valence-electron chi connectivity index (χ4n) is 2.75. The van der Waals surface area contributed by atoms with Gasteiger partial charge in [0.05, 0.1) is 12.2 Å². The molecule has 1 saturated carbocycles. The van der Waals surface area contributed by atoms with Crippen molar-refractivity contribution >= 4 is 17.5 Å². The number of carbonyl (C=O) groups is 2. The van der Waals surface area contributed by atoms with Crippen LogP contribution in [-0.2, 0) is 9.59 Å². The van der Waals surface area contributed by atoms with Crippen molar-refractivity contribution in [1.29, 1.82) is 0 Å². The topological polar surface area (TPSA) is 67.4 Å². The molecule has 5 nitrogen and oxygen atoms in total. The second-order valence-corrected chi connectivity index (χ2v) is 5.32. The van der Waals surface area contributed by atoms with Crippen molar-refractivity contribution in [3.8, 4) is 5.75 Å². The van der Waals surface area contributed by atoms with E-state index in [4.69, 9.17) is 4.74 Å². The number of benzene rings is 1. The molecule has 106 valence electrons. The van der Waals surface area contributed by atoms with Crippen LogP contribution < -0.4 is 15.4 Å². The molecule has 2 N–H and O–H groups in total. The zero-order valence-electron chi connectivity index (χ0n) is 11.2. The van der Waals surface area contributed by atoms with Gasteiger partial charge >= 0.3 is 0 Å². The summed E-state index contributed by atoms with van der Waals surface area (Å²) in [6.07, 6.45) is 3.48. The van der Waals surface area contributed by atoms with Crippen molar-refractivity contribution in [3.63, 3.8) is 0 Å². The van der Waals surface area contributed by atoms with Crippen molar-refractivity contribution in [1.82, 2.24) is 5.32 Å². The van der Waals surface area contributed by atoms with E-state index in [2.05, 4.69) is 10.6 Å². The molecule has 0 bridgehead atoms. The van der Waals surface area contributed by atoms with Crippen LogP contribution in [0, 0.1) is 5.92 Å². The van der Waals surface area contributed by atoms with Gasteiger partial charge in [0.25, 0.3) is 5.91 Å². The molecule has 1 heterocycles. The molecule has 2 amide bonds. The second kappa shape index (κ2) is 5.53. The molecule has 1 aromatic rings. The molecule has 3 rings (SSSR count). The van der Waals surface area contributed by atoms with E-state index in [9.17, 15) is 9.59 Å². The minimum absolute atomic E-state index is 0.0396. The highest BCUT2D eigenvalue weighted by atomic mass is 16.5. The summed E-state index contributed by atoms with van der Waals surface area (Å²) in [4.78, 5) is 23.8. The van der Waals surface area contributed by atoms with E-state index in [1.54, 1.807) is 12.1 Å². The fraction of sp³-hybridized carbons (Fsp3) is 0.467. The maximum Gasteiger partial charge on any atom is 0.267 e. The van der Waals surface area contributed by atoms with Crippen LogP contribution in [-0.4, -0.2) is 24.5 Å². The minimum atomic E-state index is -0.657. The number of nitrogens with one attached hydrogen (secondary N) is 2. The molecule has 1 aromatic carbocycles. The van der Waals surface area contributed by atoms with Gasteiger partial charge in [0.1, 0.15) is 5.75 Å². The molecule has 1 aliphatic heterocycles. The lowest BCUT2D eigenvalue weighted by Gasteiger charge is -2.26. The number of para-hydroxylation sites is 2. The third kappa shape index (κ3) is 2.61. The van der Waals surface area contributed by atoms with E-state index < -0.39 is 6.10 Å². The monoisotopic (exact) mass is 274 g/mol. The summed E-state index contributed by atoms with van der Waals surface area (Å²) in [7, 11) is 0. The van der Waals surface area contributed by atoms with Gasteiger partial charge in [0, 0.05) is 5.92 Å². The molecule has 1 atom stereocenters. The first-order chi connectivity index (χ1) is 9.74. The highest BCUT2D eigenvalue weighted by molar-refractivity contribution is 5.98. The van der Waals surface area contributed by atoms with Crippen molar-refractivity contribution in [3.05, 3.63) is 24.3 Å². The number of ether oxygens (including phenoxy) is 1. The van der Waals surface area contributed by atoms with E-state index in [1.165, 1.54) is 0 Å². The molecule has 1 unspecified atom stereocenters. The summed E-state index contributed by atoms with van der Waals surface area (Å²) in [5, 5.41) is 5.62. The molecule has 20 heavy (non-hydrogen) atoms. The average Bonchev–Trinajstić information content (AvgIpc) is 2.99. The largest absolute Gasteiger partial charge is 0.477 e. The lowest BCUT2D eigenvalue weighted by molar-refractivity contribution is -0.127. The predicted octanol–water partition coefficient (Wildman–Crippen LogP) is 1.69. The number of anilines is 1. The van der Waals surface area contributed by atoms with Gasteiger partial charge in [-0.1, -0.05) is 25.0 Å². The van der Waals surface area contributed by atoms with E-state index in [0.717, 1.165) is 25.7 Å². The minimum Gasteiger partial charge on any atom is -0.477 e. The number of hydrogen-bond acceptors (Lipinski definition) is 3. The second-order valence-electron chi connectivity index (χ2n) is 5.32. The summed E-state index contributed by atoms with van der Waals surface area (Å²) in [6, 6.07) is 7.29. The Morgan fingerprint density at radius 2 is 2.05 bits per heavy atom. The molecule has 2 aliphatic rings. The molecule has 0 saturated heterocycles. The number of rotatable bonds is 3. The predicted molar refractivity (Wildman–Crippen MR) is 74.5 cm³/mol. The lowest BCUT2D eigenvalue weighted by atomic mass is 10.1. The van der Waals surface area contributed by atoms with E-state index in [1.807, 2.05) is 12.1 Å². The lowest BCUT2D eigenvalue weighted by Crippen LogP contribution is -2.46. The third-order valence-corrected chi connectivity index (χ3v) is 3.89. The summed E-state index contributed by atoms with van der Waals surface area (Å²) >= 11 is 0. The standard InChI is InChI=1S/C15H18N2O3/c18-14(10-5-1-2-6-10)16-9-13-15(19)17-11-7-3-4-8-12(11)20-13/h3-4,7-8,10,13H,1-2,5-6,9H2,(H,16,18)(H,17,19). The Labute approximate surface area is 117 Å². The molecule has 1 aliphatic carbocycles. The van der Waals surface area contributed by atoms with Crippen LogP contribution in [0.25, 0.3) is 0 Å². The van der Waals surface area contributed by atoms with Gasteiger partial charge in [-0.05, 0) is 25.0 Å². The number of amides is 2. The summed E-state index contributed by atoms with van der Waals surface area (Å²) in [6.45, 7) is 0.218. The van der Waals surface area contributed by atoms with Crippen LogP contribution in [0.3, 0.4) is 0 Å². The van der Waals surface area contributed by atoms with Gasteiger partial charge < -0.3 is 15.4 Å². The van der Waals surface area contributed by atoms with Gasteiger partial charge in [-0.25, -0.2) is 0 Å². The highest BCUT2D eigenvalue weighted by Crippen LogP contribution is 2.29. The van der Waals surface area contributed by atoms with E-state index in [0.29, 0.717) is 11.4 Å². The van der Waals surface area contributed by atoms with Crippen molar-refractivity contribution in [2.45, 2.75) is 31.8 Å². The Kier molecular flexibility index (Phi) is 3.58. The Hall–Kier alpha value is -2.04. The highest BCUT2D eigenvalue weighted by Gasteiger charge is 2.29. The molecular weight excluding hydrogens is 256 g/mol. The molecule has 0 aromatic heterocycles. The Morgan fingerprint density at radius 1 is 1.30 bits per heavy atom. The zero-order chi connectivity index (χ0) is 13.9. The third-order valence-electron chi connectivity index (χ3n) is 3.89. The molecule has 1 fully saturated rings. The SMILES string of the molecule is O=C(NCC1Oc2ccccc2NC1=O)C1CCCC1. The number of carbonyl (C=O) groups excluding carboxylic acids is 2. The summed E-state index contributed by atoms with van der Waals surface area (Å²) < 4.78 is 5.63. The molecule has 0 spiro atoms. The molecule has 0 radical (unpaired) electrons. The first kappa shape index (κ1) is 13.0. The Balaban J connectivity index is 1.58. The maximum atomic E-state index is 11.9. The number of fused-ring (bicyclic) bond motifs is 1. The summed E-state index contributed by atoms with van der Waals surface area (Å²) in [5.74, 6) is 0.578. The van der Waals surface area contributed by atoms with Crippen molar-refractivity contribution in [2.24, 2.45) is 5.92 Å². The van der Waals surface area contributed by atoms with Crippen LogP contribution in [0.1, 0.15) is 25.7 Å². The quantitative estimate of drug-likeness (QED) is 0.881. The van der Waals surface area contributed by atoms with Crippen LogP contribution >= 0.6 is 0 Å². The van der Waals surface area contributed by atoms with Gasteiger partial charge in [-0.15, -0.1) is 0 Å². The Bertz CT molecular complexity index is 524. The zero-order valence-corrected chi connectivity index (χ0v) is 11.2. The average molecular weight is 274 g/mol. The van der Waals surface area contributed by atoms with Crippen molar-refractivity contribution < 1.29 is 14.3 Å².